The van der Waals surface area contributed by atoms with E-state index in [1.165, 1.54) is 29.7 Å². The first-order valence-electron chi connectivity index (χ1n) is 9.14. The Morgan fingerprint density at radius 1 is 1.04 bits per heavy atom. The van der Waals surface area contributed by atoms with Gasteiger partial charge in [-0.1, -0.05) is 41.9 Å². The van der Waals surface area contributed by atoms with E-state index in [0.29, 0.717) is 17.6 Å². The first-order chi connectivity index (χ1) is 13.4. The second-order valence-electron chi connectivity index (χ2n) is 6.59. The Balaban J connectivity index is 1.41. The van der Waals surface area contributed by atoms with Crippen LogP contribution < -0.4 is 4.74 Å². The van der Waals surface area contributed by atoms with Crippen LogP contribution in [-0.2, 0) is 19.4 Å². The minimum absolute atomic E-state index is 0.191. The zero-order valence-corrected chi connectivity index (χ0v) is 15.5. The van der Waals surface area contributed by atoms with Gasteiger partial charge in [-0.05, 0) is 31.2 Å². The molecule has 3 heterocycles. The van der Waals surface area contributed by atoms with Crippen molar-refractivity contribution in [3.05, 3.63) is 53.0 Å². The molecule has 0 saturated heterocycles. The first kappa shape index (κ1) is 16.4. The van der Waals surface area contributed by atoms with Crippen molar-refractivity contribution in [2.75, 3.05) is 0 Å². The summed E-state index contributed by atoms with van der Waals surface area (Å²) in [5, 5.41) is 5.09. The van der Waals surface area contributed by atoms with Crippen molar-refractivity contribution in [3.8, 4) is 17.3 Å². The van der Waals surface area contributed by atoms with Gasteiger partial charge in [0.25, 0.3) is 5.89 Å². The minimum atomic E-state index is 0.191. The summed E-state index contributed by atoms with van der Waals surface area (Å²) in [5.74, 6) is 1.60. The zero-order chi connectivity index (χ0) is 18.1. The van der Waals surface area contributed by atoms with Crippen molar-refractivity contribution < 1.29 is 9.26 Å². The van der Waals surface area contributed by atoms with Gasteiger partial charge >= 0.3 is 0 Å². The summed E-state index contributed by atoms with van der Waals surface area (Å²) < 4.78 is 11.3. The van der Waals surface area contributed by atoms with Gasteiger partial charge in [0.2, 0.25) is 11.7 Å². The molecule has 0 atom stereocenters. The quantitative estimate of drug-likeness (QED) is 0.484. The van der Waals surface area contributed by atoms with Crippen LogP contribution in [0.3, 0.4) is 0 Å². The fourth-order valence-corrected chi connectivity index (χ4v) is 4.72. The van der Waals surface area contributed by atoms with Crippen LogP contribution in [0.4, 0.5) is 0 Å². The predicted molar refractivity (Wildman–Crippen MR) is 103 cm³/mol. The molecule has 0 bridgehead atoms. The molecule has 1 aliphatic carbocycles. The van der Waals surface area contributed by atoms with Crippen LogP contribution in [0, 0.1) is 0 Å². The highest BCUT2D eigenvalue weighted by Gasteiger charge is 2.20. The number of benzene rings is 1. The summed E-state index contributed by atoms with van der Waals surface area (Å²) >= 11 is 1.77. The molecule has 27 heavy (non-hydrogen) atoms. The Labute approximate surface area is 160 Å². The highest BCUT2D eigenvalue weighted by molar-refractivity contribution is 7.18. The molecule has 5 rings (SSSR count). The Hall–Kier alpha value is -2.80. The van der Waals surface area contributed by atoms with Gasteiger partial charge in [0.15, 0.2) is 6.61 Å². The summed E-state index contributed by atoms with van der Waals surface area (Å²) in [4.78, 5) is 15.7. The lowest BCUT2D eigenvalue weighted by Crippen LogP contribution is -1.99. The SMILES string of the molecule is c1ccc(-c2noc(COc3ncnc4sc5c(c34)CCCCC5)n2)cc1. The number of fused-ring (bicyclic) bond motifs is 3. The van der Waals surface area contributed by atoms with Crippen molar-refractivity contribution in [2.24, 2.45) is 0 Å². The Kier molecular flexibility index (Phi) is 4.29. The summed E-state index contributed by atoms with van der Waals surface area (Å²) in [5.41, 5.74) is 2.28. The Morgan fingerprint density at radius 2 is 1.93 bits per heavy atom. The molecular weight excluding hydrogens is 360 g/mol. The highest BCUT2D eigenvalue weighted by atomic mass is 32.1. The molecule has 0 amide bonds. The molecule has 0 unspecified atom stereocenters. The van der Waals surface area contributed by atoms with Crippen LogP contribution in [-0.4, -0.2) is 20.1 Å². The molecule has 0 aliphatic heterocycles. The number of hydrogen-bond acceptors (Lipinski definition) is 7. The molecule has 7 heteroatoms. The van der Waals surface area contributed by atoms with Crippen molar-refractivity contribution in [1.82, 2.24) is 20.1 Å². The number of aryl methyl sites for hydroxylation is 2. The molecule has 0 spiro atoms. The number of thiophene rings is 1. The lowest BCUT2D eigenvalue weighted by atomic mass is 10.1. The topological polar surface area (TPSA) is 73.9 Å². The van der Waals surface area contributed by atoms with E-state index < -0.39 is 0 Å². The smallest absolute Gasteiger partial charge is 0.264 e. The maximum absolute atomic E-state index is 5.98. The lowest BCUT2D eigenvalue weighted by molar-refractivity contribution is 0.238. The number of aromatic nitrogens is 4. The second kappa shape index (κ2) is 7.08. The van der Waals surface area contributed by atoms with Gasteiger partial charge in [0, 0.05) is 10.4 Å². The molecule has 0 N–H and O–H groups in total. The molecule has 3 aromatic heterocycles. The van der Waals surface area contributed by atoms with E-state index in [1.807, 2.05) is 30.3 Å². The fourth-order valence-electron chi connectivity index (χ4n) is 3.50. The van der Waals surface area contributed by atoms with Gasteiger partial charge in [-0.15, -0.1) is 11.3 Å². The summed E-state index contributed by atoms with van der Waals surface area (Å²) in [7, 11) is 0. The van der Waals surface area contributed by atoms with E-state index in [4.69, 9.17) is 9.26 Å². The van der Waals surface area contributed by atoms with Crippen LogP contribution in [0.25, 0.3) is 21.6 Å². The predicted octanol–water partition coefficient (Wildman–Crippen LogP) is 4.59. The van der Waals surface area contributed by atoms with E-state index in [9.17, 15) is 0 Å². The highest BCUT2D eigenvalue weighted by Crippen LogP contribution is 2.38. The van der Waals surface area contributed by atoms with Gasteiger partial charge in [0.05, 0.1) is 5.39 Å². The Morgan fingerprint density at radius 3 is 2.85 bits per heavy atom. The molecule has 6 nitrogen and oxygen atoms in total. The van der Waals surface area contributed by atoms with Crippen LogP contribution in [0.1, 0.15) is 35.6 Å². The molecule has 0 fully saturated rings. The normalized spacial score (nSPS) is 14.1. The molecule has 4 aromatic rings. The number of hydrogen-bond donors (Lipinski definition) is 0. The van der Waals surface area contributed by atoms with Crippen LogP contribution >= 0.6 is 11.3 Å². The van der Waals surface area contributed by atoms with Crippen molar-refractivity contribution >= 4 is 21.6 Å². The first-order valence-corrected chi connectivity index (χ1v) is 9.96. The maximum Gasteiger partial charge on any atom is 0.264 e. The molecule has 0 radical (unpaired) electrons. The number of rotatable bonds is 4. The molecule has 1 aliphatic rings. The van der Waals surface area contributed by atoms with Crippen LogP contribution in [0.5, 0.6) is 5.88 Å². The standard InChI is InChI=1S/C20H18N4O2S/c1-3-7-13(8-4-1)18-23-16(26-24-18)11-25-19-17-14-9-5-2-6-10-15(14)27-20(17)22-12-21-19/h1,3-4,7-8,12H,2,5-6,9-11H2. The van der Waals surface area contributed by atoms with Crippen LogP contribution in [0.15, 0.2) is 41.2 Å². The van der Waals surface area contributed by atoms with Gasteiger partial charge in [-0.25, -0.2) is 9.97 Å². The second-order valence-corrected chi connectivity index (χ2v) is 7.67. The van der Waals surface area contributed by atoms with Crippen LogP contribution in [0.2, 0.25) is 0 Å². The largest absolute Gasteiger partial charge is 0.467 e. The maximum atomic E-state index is 5.98. The van der Waals surface area contributed by atoms with E-state index in [0.717, 1.165) is 28.6 Å². The fraction of sp³-hybridized carbons (Fsp3) is 0.300. The summed E-state index contributed by atoms with van der Waals surface area (Å²) in [6.07, 6.45) is 7.48. The van der Waals surface area contributed by atoms with Gasteiger partial charge in [-0.2, -0.15) is 4.98 Å². The number of ether oxygens (including phenoxy) is 1. The third-order valence-corrected chi connectivity index (χ3v) is 6.00. The van der Waals surface area contributed by atoms with Crippen molar-refractivity contribution in [1.29, 1.82) is 0 Å². The summed E-state index contributed by atoms with van der Waals surface area (Å²) in [6.45, 7) is 0.191. The van der Waals surface area contributed by atoms with E-state index in [-0.39, 0.29) is 6.61 Å². The van der Waals surface area contributed by atoms with E-state index in [1.54, 1.807) is 17.7 Å². The molecular formula is C20H18N4O2S. The Bertz CT molecular complexity index is 1070. The average molecular weight is 378 g/mol. The third kappa shape index (κ3) is 3.19. The molecule has 1 aromatic carbocycles. The van der Waals surface area contributed by atoms with Gasteiger partial charge < -0.3 is 9.26 Å². The van der Waals surface area contributed by atoms with E-state index in [2.05, 4.69) is 20.1 Å². The van der Waals surface area contributed by atoms with E-state index >= 15 is 0 Å². The third-order valence-electron chi connectivity index (χ3n) is 4.80. The molecule has 0 saturated carbocycles. The minimum Gasteiger partial charge on any atom is -0.467 e. The lowest BCUT2D eigenvalue weighted by Gasteiger charge is -2.05. The van der Waals surface area contributed by atoms with Crippen molar-refractivity contribution in [2.45, 2.75) is 38.7 Å². The summed E-state index contributed by atoms with van der Waals surface area (Å²) in [6, 6.07) is 9.75. The average Bonchev–Trinajstić information content (AvgIpc) is 3.26. The zero-order valence-electron chi connectivity index (χ0n) is 14.7. The number of nitrogens with zero attached hydrogens (tertiary/aromatic N) is 4. The van der Waals surface area contributed by atoms with Gasteiger partial charge in [0.1, 0.15) is 11.2 Å². The van der Waals surface area contributed by atoms with Crippen molar-refractivity contribution in [3.63, 3.8) is 0 Å². The molecule has 136 valence electrons. The van der Waals surface area contributed by atoms with Gasteiger partial charge in [-0.3, -0.25) is 0 Å². The monoisotopic (exact) mass is 378 g/mol.